The highest BCUT2D eigenvalue weighted by Gasteiger charge is 2.61. The van der Waals surface area contributed by atoms with Crippen molar-refractivity contribution in [3.8, 4) is 6.07 Å². The first-order valence-corrected chi connectivity index (χ1v) is 9.92. The highest BCUT2D eigenvalue weighted by atomic mass is 16.5. The second-order valence-electron chi connectivity index (χ2n) is 7.93. The molecule has 2 atom stereocenters. The Balaban J connectivity index is 1.57. The second-order valence-corrected chi connectivity index (χ2v) is 7.93. The maximum atomic E-state index is 12.6. The average molecular weight is 407 g/mol. The number of esters is 2. The van der Waals surface area contributed by atoms with Crippen LogP contribution in [0.3, 0.4) is 0 Å². The zero-order valence-electron chi connectivity index (χ0n) is 17.4. The van der Waals surface area contributed by atoms with Crippen molar-refractivity contribution in [2.45, 2.75) is 33.8 Å². The van der Waals surface area contributed by atoms with E-state index in [-0.39, 0.29) is 36.1 Å². The molecule has 0 bridgehead atoms. The molecule has 6 heteroatoms. The number of nitrogens with zero attached hydrogens (tertiary/aromatic N) is 1. The summed E-state index contributed by atoms with van der Waals surface area (Å²) in [4.78, 5) is 24.4. The Morgan fingerprint density at radius 3 is 2.60 bits per heavy atom. The molecule has 2 aromatic rings. The molecule has 1 fully saturated rings. The lowest BCUT2D eigenvalue weighted by molar-refractivity contribution is -0.147. The van der Waals surface area contributed by atoms with E-state index >= 15 is 0 Å². The van der Waals surface area contributed by atoms with Gasteiger partial charge >= 0.3 is 11.9 Å². The van der Waals surface area contributed by atoms with Crippen LogP contribution >= 0.6 is 0 Å². The van der Waals surface area contributed by atoms with Crippen molar-refractivity contribution in [3.05, 3.63) is 71.2 Å². The van der Waals surface area contributed by atoms with Gasteiger partial charge in [-0.2, -0.15) is 5.26 Å². The maximum absolute atomic E-state index is 12.6. The summed E-state index contributed by atoms with van der Waals surface area (Å²) >= 11 is 0. The molecular weight excluding hydrogens is 382 g/mol. The van der Waals surface area contributed by atoms with Gasteiger partial charge in [-0.25, -0.2) is 4.79 Å². The Kier molecular flexibility index (Phi) is 6.41. The van der Waals surface area contributed by atoms with Gasteiger partial charge < -0.3 is 13.9 Å². The van der Waals surface area contributed by atoms with Crippen molar-refractivity contribution < 1.29 is 23.5 Å². The summed E-state index contributed by atoms with van der Waals surface area (Å²) in [6.07, 6.45) is 3.79. The van der Waals surface area contributed by atoms with E-state index in [4.69, 9.17) is 13.9 Å². The molecule has 0 N–H and O–H groups in total. The summed E-state index contributed by atoms with van der Waals surface area (Å²) in [5.74, 6) is -0.881. The SMILES string of the molecule is CCOC(=O)/C(C#N)=C/C1[C@@H](C(=O)OCc2coc(Cc3ccccc3)c2)C1(C)C. The van der Waals surface area contributed by atoms with Crippen LogP contribution in [0, 0.1) is 28.6 Å². The van der Waals surface area contributed by atoms with Crippen molar-refractivity contribution in [1.82, 2.24) is 0 Å². The summed E-state index contributed by atoms with van der Waals surface area (Å²) in [7, 11) is 0. The first kappa shape index (κ1) is 21.4. The normalized spacial score (nSPS) is 19.6. The lowest BCUT2D eigenvalue weighted by Crippen LogP contribution is -2.10. The van der Waals surface area contributed by atoms with E-state index in [9.17, 15) is 14.9 Å². The minimum atomic E-state index is -0.667. The van der Waals surface area contributed by atoms with Gasteiger partial charge in [-0.05, 0) is 29.9 Å². The number of ether oxygens (including phenoxy) is 2. The van der Waals surface area contributed by atoms with Gasteiger partial charge in [-0.15, -0.1) is 0 Å². The Morgan fingerprint density at radius 2 is 1.93 bits per heavy atom. The molecule has 1 unspecified atom stereocenters. The van der Waals surface area contributed by atoms with Crippen molar-refractivity contribution in [2.24, 2.45) is 17.3 Å². The predicted molar refractivity (Wildman–Crippen MR) is 109 cm³/mol. The summed E-state index contributed by atoms with van der Waals surface area (Å²) in [5, 5.41) is 9.21. The van der Waals surface area contributed by atoms with Gasteiger partial charge in [0.05, 0.1) is 18.8 Å². The van der Waals surface area contributed by atoms with E-state index in [2.05, 4.69) is 0 Å². The van der Waals surface area contributed by atoms with Crippen LogP contribution in [0.2, 0.25) is 0 Å². The number of hydrogen-bond acceptors (Lipinski definition) is 6. The first-order valence-electron chi connectivity index (χ1n) is 9.92. The average Bonchev–Trinajstić information content (AvgIpc) is 3.03. The standard InChI is InChI=1S/C24H25NO5/c1-4-28-22(26)18(13-25)12-20-21(24(20,2)3)23(27)30-15-17-11-19(29-14-17)10-16-8-6-5-7-9-16/h5-9,11-12,14,20-21H,4,10,15H2,1-3H3/b18-12+/t20?,21-/m0/s1. The molecule has 0 radical (unpaired) electrons. The molecule has 1 aliphatic rings. The lowest BCUT2D eigenvalue weighted by atomic mass is 10.1. The van der Waals surface area contributed by atoms with Crippen molar-refractivity contribution in [2.75, 3.05) is 6.61 Å². The summed E-state index contributed by atoms with van der Waals surface area (Å²) in [6.45, 7) is 5.80. The third-order valence-corrected chi connectivity index (χ3v) is 5.44. The number of carbonyl (C=O) groups excluding carboxylic acids is 2. The van der Waals surface area contributed by atoms with Gasteiger partial charge in [0.25, 0.3) is 0 Å². The Morgan fingerprint density at radius 1 is 1.20 bits per heavy atom. The number of carbonyl (C=O) groups is 2. The zero-order valence-corrected chi connectivity index (χ0v) is 17.4. The summed E-state index contributed by atoms with van der Waals surface area (Å²) < 4.78 is 15.9. The quantitative estimate of drug-likeness (QED) is 0.370. The lowest BCUT2D eigenvalue weighted by Gasteiger charge is -2.03. The minimum absolute atomic E-state index is 0.0781. The largest absolute Gasteiger partial charge is 0.469 e. The van der Waals surface area contributed by atoms with Crippen molar-refractivity contribution in [3.63, 3.8) is 0 Å². The fourth-order valence-corrected chi connectivity index (χ4v) is 3.61. The third-order valence-electron chi connectivity index (χ3n) is 5.44. The van der Waals surface area contributed by atoms with Gasteiger partial charge in [0.15, 0.2) is 0 Å². The Labute approximate surface area is 176 Å². The van der Waals surface area contributed by atoms with Gasteiger partial charge in [-0.1, -0.05) is 50.3 Å². The van der Waals surface area contributed by atoms with Crippen LogP contribution in [0.5, 0.6) is 0 Å². The molecule has 1 aromatic heterocycles. The van der Waals surface area contributed by atoms with Crippen LogP contribution in [0.15, 0.2) is 58.7 Å². The molecule has 0 aliphatic heterocycles. The number of benzene rings is 1. The Hall–Kier alpha value is -3.33. The van der Waals surface area contributed by atoms with Gasteiger partial charge in [0, 0.05) is 12.0 Å². The predicted octanol–water partition coefficient (Wildman–Crippen LogP) is 4.20. The van der Waals surface area contributed by atoms with Crippen LogP contribution in [-0.2, 0) is 32.1 Å². The molecular formula is C24H25NO5. The van der Waals surface area contributed by atoms with Crippen LogP contribution in [0.25, 0.3) is 0 Å². The molecule has 156 valence electrons. The van der Waals surface area contributed by atoms with E-state index in [1.54, 1.807) is 13.2 Å². The van der Waals surface area contributed by atoms with Crippen molar-refractivity contribution >= 4 is 11.9 Å². The molecule has 1 saturated carbocycles. The highest BCUT2D eigenvalue weighted by Crippen LogP contribution is 2.59. The van der Waals surface area contributed by atoms with Crippen LogP contribution < -0.4 is 0 Å². The van der Waals surface area contributed by atoms with E-state index < -0.39 is 11.9 Å². The van der Waals surface area contributed by atoms with Gasteiger partial charge in [-0.3, -0.25) is 4.79 Å². The van der Waals surface area contributed by atoms with E-state index in [0.717, 1.165) is 16.9 Å². The topological polar surface area (TPSA) is 89.5 Å². The second kappa shape index (κ2) is 9.00. The van der Waals surface area contributed by atoms with Crippen LogP contribution in [-0.4, -0.2) is 18.5 Å². The molecule has 0 saturated heterocycles. The molecule has 0 amide bonds. The fourth-order valence-electron chi connectivity index (χ4n) is 3.61. The summed E-state index contributed by atoms with van der Waals surface area (Å²) in [6, 6.07) is 13.7. The molecule has 0 spiro atoms. The number of nitriles is 1. The fraction of sp³-hybridized carbons (Fsp3) is 0.375. The minimum Gasteiger partial charge on any atom is -0.469 e. The molecule has 6 nitrogen and oxygen atoms in total. The monoisotopic (exact) mass is 407 g/mol. The summed E-state index contributed by atoms with van der Waals surface area (Å²) in [5.41, 5.74) is 1.45. The Bertz CT molecular complexity index is 981. The van der Waals surface area contributed by atoms with Gasteiger partial charge in [0.1, 0.15) is 24.0 Å². The molecule has 3 rings (SSSR count). The molecule has 30 heavy (non-hydrogen) atoms. The number of hydrogen-bond donors (Lipinski definition) is 0. The smallest absolute Gasteiger partial charge is 0.348 e. The van der Waals surface area contributed by atoms with E-state index in [1.165, 1.54) is 6.08 Å². The first-order chi connectivity index (χ1) is 14.4. The molecule has 1 aliphatic carbocycles. The molecule has 1 heterocycles. The number of allylic oxidation sites excluding steroid dienone is 1. The van der Waals surface area contributed by atoms with Crippen molar-refractivity contribution in [1.29, 1.82) is 5.26 Å². The van der Waals surface area contributed by atoms with Crippen LogP contribution in [0.1, 0.15) is 37.7 Å². The number of rotatable bonds is 8. The van der Waals surface area contributed by atoms with E-state index in [1.807, 2.05) is 56.3 Å². The van der Waals surface area contributed by atoms with Gasteiger partial charge in [0.2, 0.25) is 0 Å². The van der Waals surface area contributed by atoms with E-state index in [0.29, 0.717) is 6.42 Å². The molecule has 1 aromatic carbocycles. The van der Waals surface area contributed by atoms with Crippen LogP contribution in [0.4, 0.5) is 0 Å². The third kappa shape index (κ3) is 4.80. The zero-order chi connectivity index (χ0) is 21.7. The highest BCUT2D eigenvalue weighted by molar-refractivity contribution is 5.93. The maximum Gasteiger partial charge on any atom is 0.348 e. The number of furan rings is 1.